The molecule has 0 heterocycles. The second-order valence-corrected chi connectivity index (χ2v) is 5.88. The highest BCUT2D eigenvalue weighted by atomic mass is 35.5. The van der Waals surface area contributed by atoms with Crippen LogP contribution in [0.5, 0.6) is 5.75 Å². The highest BCUT2D eigenvalue weighted by Crippen LogP contribution is 2.26. The Balaban J connectivity index is 1.97. The average Bonchev–Trinajstić information content (AvgIpc) is 2.45. The Kier molecular flexibility index (Phi) is 5.92. The van der Waals surface area contributed by atoms with Gasteiger partial charge in [-0.2, -0.15) is 0 Å². The minimum Gasteiger partial charge on any atom is -0.496 e. The Morgan fingerprint density at radius 3 is 2.62 bits per heavy atom. The van der Waals surface area contributed by atoms with Gasteiger partial charge in [0.1, 0.15) is 5.75 Å². The molecule has 0 saturated carbocycles. The van der Waals surface area contributed by atoms with Crippen LogP contribution in [0.4, 0.5) is 0 Å². The van der Waals surface area contributed by atoms with Crippen molar-refractivity contribution in [1.82, 2.24) is 5.32 Å². The molecular formula is C17H19Cl2NO. The number of hydrogen-bond donors (Lipinski definition) is 1. The van der Waals surface area contributed by atoms with Crippen LogP contribution in [0.1, 0.15) is 18.1 Å². The third-order valence-electron chi connectivity index (χ3n) is 3.35. The molecule has 2 rings (SSSR count). The molecule has 21 heavy (non-hydrogen) atoms. The Labute approximate surface area is 136 Å². The first-order chi connectivity index (χ1) is 10.1. The summed E-state index contributed by atoms with van der Waals surface area (Å²) in [7, 11) is 1.66. The molecule has 0 radical (unpaired) electrons. The lowest BCUT2D eigenvalue weighted by atomic mass is 10.1. The van der Waals surface area contributed by atoms with Crippen molar-refractivity contribution >= 4 is 23.2 Å². The summed E-state index contributed by atoms with van der Waals surface area (Å²) in [5.74, 6) is 0.810. The van der Waals surface area contributed by atoms with Gasteiger partial charge in [0.2, 0.25) is 0 Å². The van der Waals surface area contributed by atoms with E-state index in [1.54, 1.807) is 7.11 Å². The van der Waals surface area contributed by atoms with Crippen LogP contribution in [0.25, 0.3) is 0 Å². The molecule has 1 atom stereocenters. The lowest BCUT2D eigenvalue weighted by Crippen LogP contribution is -2.27. The molecule has 0 spiro atoms. The second kappa shape index (κ2) is 7.69. The molecule has 2 nitrogen and oxygen atoms in total. The summed E-state index contributed by atoms with van der Waals surface area (Å²) in [4.78, 5) is 0. The normalized spacial score (nSPS) is 12.2. The third-order valence-corrected chi connectivity index (χ3v) is 3.94. The molecule has 1 N–H and O–H groups in total. The van der Waals surface area contributed by atoms with E-state index in [-0.39, 0.29) is 0 Å². The molecule has 1 unspecified atom stereocenters. The van der Waals surface area contributed by atoms with Gasteiger partial charge in [0, 0.05) is 28.2 Å². The molecule has 0 aromatic heterocycles. The van der Waals surface area contributed by atoms with Crippen LogP contribution >= 0.6 is 23.2 Å². The number of ether oxygens (including phenoxy) is 1. The van der Waals surface area contributed by atoms with Crippen molar-refractivity contribution in [2.75, 3.05) is 7.11 Å². The van der Waals surface area contributed by atoms with E-state index in [4.69, 9.17) is 27.9 Å². The summed E-state index contributed by atoms with van der Waals surface area (Å²) >= 11 is 12.2. The monoisotopic (exact) mass is 323 g/mol. The number of benzene rings is 2. The van der Waals surface area contributed by atoms with Gasteiger partial charge in [0.05, 0.1) is 7.11 Å². The fraction of sp³-hybridized carbons (Fsp3) is 0.294. The van der Waals surface area contributed by atoms with Gasteiger partial charge in [-0.3, -0.25) is 0 Å². The van der Waals surface area contributed by atoms with E-state index in [0.29, 0.717) is 12.6 Å². The van der Waals surface area contributed by atoms with Gasteiger partial charge in [-0.1, -0.05) is 41.4 Å². The zero-order chi connectivity index (χ0) is 15.2. The molecule has 112 valence electrons. The van der Waals surface area contributed by atoms with Crippen molar-refractivity contribution in [3.8, 4) is 5.75 Å². The minimum absolute atomic E-state index is 0.310. The number of hydrogen-bond acceptors (Lipinski definition) is 2. The van der Waals surface area contributed by atoms with E-state index >= 15 is 0 Å². The summed E-state index contributed by atoms with van der Waals surface area (Å²) in [6.07, 6.45) is 0.910. The van der Waals surface area contributed by atoms with E-state index in [9.17, 15) is 0 Å². The smallest absolute Gasteiger partial charge is 0.124 e. The van der Waals surface area contributed by atoms with Crippen LogP contribution in [0.15, 0.2) is 42.5 Å². The van der Waals surface area contributed by atoms with Crippen molar-refractivity contribution in [2.24, 2.45) is 0 Å². The molecule has 0 bridgehead atoms. The lowest BCUT2D eigenvalue weighted by molar-refractivity contribution is 0.405. The zero-order valence-electron chi connectivity index (χ0n) is 12.2. The van der Waals surface area contributed by atoms with Crippen LogP contribution in [0.3, 0.4) is 0 Å². The third kappa shape index (κ3) is 4.63. The van der Waals surface area contributed by atoms with Gasteiger partial charge in [-0.05, 0) is 43.2 Å². The van der Waals surface area contributed by atoms with E-state index in [1.807, 2.05) is 36.4 Å². The average molecular weight is 324 g/mol. The van der Waals surface area contributed by atoms with Crippen LogP contribution in [0, 0.1) is 0 Å². The van der Waals surface area contributed by atoms with E-state index in [2.05, 4.69) is 18.3 Å². The fourth-order valence-corrected chi connectivity index (χ4v) is 2.71. The van der Waals surface area contributed by atoms with Gasteiger partial charge < -0.3 is 10.1 Å². The molecule has 2 aromatic carbocycles. The Bertz CT molecular complexity index is 601. The second-order valence-electron chi connectivity index (χ2n) is 5.04. The van der Waals surface area contributed by atoms with Crippen LogP contribution in [-0.4, -0.2) is 13.2 Å². The van der Waals surface area contributed by atoms with Crippen molar-refractivity contribution in [1.29, 1.82) is 0 Å². The molecule has 0 aliphatic rings. The maximum absolute atomic E-state index is 6.24. The van der Waals surface area contributed by atoms with E-state index < -0.39 is 0 Å². The van der Waals surface area contributed by atoms with Gasteiger partial charge in [-0.25, -0.2) is 0 Å². The van der Waals surface area contributed by atoms with E-state index in [0.717, 1.165) is 27.8 Å². The van der Waals surface area contributed by atoms with Gasteiger partial charge in [0.25, 0.3) is 0 Å². The largest absolute Gasteiger partial charge is 0.496 e. The molecule has 0 fully saturated rings. The number of nitrogens with one attached hydrogen (secondary N) is 1. The summed E-state index contributed by atoms with van der Waals surface area (Å²) in [6.45, 7) is 2.81. The van der Waals surface area contributed by atoms with Gasteiger partial charge >= 0.3 is 0 Å². The van der Waals surface area contributed by atoms with Crippen LogP contribution in [-0.2, 0) is 13.0 Å². The first kappa shape index (κ1) is 16.2. The summed E-state index contributed by atoms with van der Waals surface area (Å²) < 4.78 is 5.35. The molecule has 0 aliphatic heterocycles. The standard InChI is InChI=1S/C17H19Cl2NO/c1-12(9-13-5-3-6-14(18)10-13)20-11-15-16(19)7-4-8-17(15)21-2/h3-8,10,12,20H,9,11H2,1-2H3. The van der Waals surface area contributed by atoms with Gasteiger partial charge in [0.15, 0.2) is 0 Å². The quantitative estimate of drug-likeness (QED) is 0.830. The lowest BCUT2D eigenvalue weighted by Gasteiger charge is -2.16. The molecular weight excluding hydrogens is 305 g/mol. The predicted octanol–water partition coefficient (Wildman–Crippen LogP) is 4.72. The fourth-order valence-electron chi connectivity index (χ4n) is 2.27. The van der Waals surface area contributed by atoms with Crippen molar-refractivity contribution < 1.29 is 4.74 Å². The molecule has 0 aliphatic carbocycles. The molecule has 0 amide bonds. The number of halogens is 2. The van der Waals surface area contributed by atoms with E-state index in [1.165, 1.54) is 5.56 Å². The minimum atomic E-state index is 0.310. The zero-order valence-corrected chi connectivity index (χ0v) is 13.7. The number of methoxy groups -OCH3 is 1. The van der Waals surface area contributed by atoms with Crippen molar-refractivity contribution in [3.05, 3.63) is 63.6 Å². The Morgan fingerprint density at radius 1 is 1.14 bits per heavy atom. The maximum Gasteiger partial charge on any atom is 0.124 e. The Morgan fingerprint density at radius 2 is 1.90 bits per heavy atom. The SMILES string of the molecule is COc1cccc(Cl)c1CNC(C)Cc1cccc(Cl)c1. The molecule has 2 aromatic rings. The highest BCUT2D eigenvalue weighted by Gasteiger charge is 2.09. The highest BCUT2D eigenvalue weighted by molar-refractivity contribution is 6.31. The topological polar surface area (TPSA) is 21.3 Å². The summed E-state index contributed by atoms with van der Waals surface area (Å²) in [5.41, 5.74) is 2.20. The Hall–Kier alpha value is -1.22. The van der Waals surface area contributed by atoms with Crippen LogP contribution in [0.2, 0.25) is 10.0 Å². The van der Waals surface area contributed by atoms with Gasteiger partial charge in [-0.15, -0.1) is 0 Å². The predicted molar refractivity (Wildman–Crippen MR) is 89.5 cm³/mol. The number of rotatable bonds is 6. The summed E-state index contributed by atoms with van der Waals surface area (Å²) in [5, 5.41) is 4.96. The first-order valence-electron chi connectivity index (χ1n) is 6.89. The first-order valence-corrected chi connectivity index (χ1v) is 7.65. The maximum atomic E-state index is 6.24. The summed E-state index contributed by atoms with van der Waals surface area (Å²) in [6, 6.07) is 13.9. The van der Waals surface area contributed by atoms with Crippen molar-refractivity contribution in [3.63, 3.8) is 0 Å². The van der Waals surface area contributed by atoms with Crippen LogP contribution < -0.4 is 10.1 Å². The molecule has 4 heteroatoms. The van der Waals surface area contributed by atoms with Crippen molar-refractivity contribution in [2.45, 2.75) is 25.9 Å². The molecule has 0 saturated heterocycles.